The van der Waals surface area contributed by atoms with Crippen LogP contribution in [0.5, 0.6) is 5.75 Å². The number of nitrogen functional groups attached to an aromatic ring is 1. The Bertz CT molecular complexity index is 1720. The summed E-state index contributed by atoms with van der Waals surface area (Å²) in [7, 11) is 1.91. The number of nitriles is 1. The van der Waals surface area contributed by atoms with Crippen molar-refractivity contribution in [2.75, 3.05) is 18.8 Å². The monoisotopic (exact) mass is 522 g/mol. The number of benzene rings is 1. The number of aromatic nitrogens is 5. The molecule has 1 saturated heterocycles. The van der Waals surface area contributed by atoms with Crippen molar-refractivity contribution in [2.45, 2.75) is 49.8 Å². The van der Waals surface area contributed by atoms with Crippen molar-refractivity contribution in [1.82, 2.24) is 29.4 Å². The predicted molar refractivity (Wildman–Crippen MR) is 141 cm³/mol. The predicted octanol–water partition coefficient (Wildman–Crippen LogP) is 4.10. The molecular formula is C29H27FN8O. The van der Waals surface area contributed by atoms with E-state index in [1.807, 2.05) is 24.7 Å². The van der Waals surface area contributed by atoms with Crippen LogP contribution in [0, 0.1) is 17.1 Å². The fourth-order valence-electron chi connectivity index (χ4n) is 6.97. The van der Waals surface area contributed by atoms with Crippen LogP contribution in [0.15, 0.2) is 36.7 Å². The minimum atomic E-state index is -0.532. The molecule has 4 aromatic rings. The second-order valence-electron chi connectivity index (χ2n) is 11.5. The number of hydrogen-bond acceptors (Lipinski definition) is 7. The standard InChI is InChI=1S/C29H27FN8O/c1-15-20-8-17(30)3-6-19(20)26-22(12-36(2)35-26)21-9-29(13-37(14-29)18-4-5-18)38-27(21)25(23(10-31)34-38)16-7-24(39-15)28(32)33-11-16/h3,6-8,11-12,15,18,21H,4-5,9,13-14H2,1-2H3,(H2,32,33)/t15-,21-/m1/s1. The molecule has 8 rings (SSSR count). The second kappa shape index (κ2) is 7.67. The van der Waals surface area contributed by atoms with Crippen molar-refractivity contribution in [3.8, 4) is 34.2 Å². The molecule has 0 radical (unpaired) electrons. The van der Waals surface area contributed by atoms with Crippen molar-refractivity contribution < 1.29 is 9.13 Å². The molecule has 0 amide bonds. The molecule has 39 heavy (non-hydrogen) atoms. The fourth-order valence-corrected chi connectivity index (χ4v) is 6.97. The Balaban J connectivity index is 1.42. The number of hydrogen-bond donors (Lipinski definition) is 1. The molecule has 2 fully saturated rings. The number of anilines is 1. The lowest BCUT2D eigenvalue weighted by Crippen LogP contribution is -2.62. The van der Waals surface area contributed by atoms with Gasteiger partial charge < -0.3 is 10.5 Å². The van der Waals surface area contributed by atoms with Gasteiger partial charge in [0.05, 0.1) is 16.9 Å². The third-order valence-corrected chi connectivity index (χ3v) is 8.86. The molecule has 6 heterocycles. The van der Waals surface area contributed by atoms with Crippen molar-refractivity contribution >= 4 is 5.82 Å². The van der Waals surface area contributed by atoms with Gasteiger partial charge in [-0.1, -0.05) is 0 Å². The van der Waals surface area contributed by atoms with Crippen LogP contribution in [0.4, 0.5) is 10.2 Å². The number of halogens is 1. The summed E-state index contributed by atoms with van der Waals surface area (Å²) in [6, 6.07) is 9.60. The first-order chi connectivity index (χ1) is 18.8. The van der Waals surface area contributed by atoms with Gasteiger partial charge in [-0.05, 0) is 50.5 Å². The first kappa shape index (κ1) is 22.7. The van der Waals surface area contributed by atoms with Crippen LogP contribution in [0.2, 0.25) is 0 Å². The van der Waals surface area contributed by atoms with Crippen LogP contribution in [-0.2, 0) is 12.6 Å². The molecule has 4 aliphatic rings. The highest BCUT2D eigenvalue weighted by molar-refractivity contribution is 5.77. The molecule has 1 saturated carbocycles. The zero-order chi connectivity index (χ0) is 26.6. The molecule has 2 bridgehead atoms. The first-order valence-electron chi connectivity index (χ1n) is 13.4. The Morgan fingerprint density at radius 1 is 1.18 bits per heavy atom. The average Bonchev–Trinajstić information content (AvgIpc) is 3.42. The summed E-state index contributed by atoms with van der Waals surface area (Å²) >= 11 is 0. The Morgan fingerprint density at radius 2 is 2.00 bits per heavy atom. The summed E-state index contributed by atoms with van der Waals surface area (Å²) in [6.07, 6.45) is 6.56. The topological polar surface area (TPSA) is 111 Å². The molecule has 0 unspecified atom stereocenters. The molecular weight excluding hydrogens is 495 g/mol. The van der Waals surface area contributed by atoms with Gasteiger partial charge in [0.1, 0.15) is 18.0 Å². The Kier molecular flexibility index (Phi) is 4.47. The number of likely N-dealkylation sites (tertiary alicyclic amines) is 1. The quantitative estimate of drug-likeness (QED) is 0.401. The summed E-state index contributed by atoms with van der Waals surface area (Å²) in [6.45, 7) is 3.69. The van der Waals surface area contributed by atoms with E-state index in [2.05, 4.69) is 26.8 Å². The molecule has 196 valence electrons. The lowest BCUT2D eigenvalue weighted by atomic mass is 9.80. The van der Waals surface area contributed by atoms with Gasteiger partial charge in [0.2, 0.25) is 0 Å². The van der Waals surface area contributed by atoms with Crippen LogP contribution in [-0.4, -0.2) is 48.6 Å². The number of aryl methyl sites for hydroxylation is 1. The normalized spacial score (nSPS) is 22.5. The van der Waals surface area contributed by atoms with E-state index in [9.17, 15) is 9.65 Å². The van der Waals surface area contributed by atoms with E-state index in [4.69, 9.17) is 20.7 Å². The number of rotatable bonds is 1. The van der Waals surface area contributed by atoms with E-state index in [0.717, 1.165) is 53.2 Å². The maximum atomic E-state index is 14.6. The third-order valence-electron chi connectivity index (χ3n) is 8.86. The first-order valence-corrected chi connectivity index (χ1v) is 13.4. The molecule has 3 aliphatic heterocycles. The average molecular weight is 523 g/mol. The van der Waals surface area contributed by atoms with Gasteiger partial charge in [-0.15, -0.1) is 0 Å². The smallest absolute Gasteiger partial charge is 0.170 e. The highest BCUT2D eigenvalue weighted by atomic mass is 19.1. The van der Waals surface area contributed by atoms with Gasteiger partial charge in [-0.25, -0.2) is 9.37 Å². The number of fused-ring (bicyclic) bond motifs is 8. The van der Waals surface area contributed by atoms with Crippen molar-refractivity contribution in [1.29, 1.82) is 5.26 Å². The van der Waals surface area contributed by atoms with Crippen LogP contribution < -0.4 is 10.5 Å². The van der Waals surface area contributed by atoms with E-state index >= 15 is 0 Å². The van der Waals surface area contributed by atoms with Gasteiger partial charge in [0.25, 0.3) is 0 Å². The number of ether oxygens (including phenoxy) is 1. The number of nitrogens with two attached hydrogens (primary N) is 1. The lowest BCUT2D eigenvalue weighted by Gasteiger charge is -2.49. The summed E-state index contributed by atoms with van der Waals surface area (Å²) in [5.41, 5.74) is 12.2. The zero-order valence-corrected chi connectivity index (χ0v) is 21.7. The minimum Gasteiger partial charge on any atom is -0.482 e. The molecule has 1 aromatic carbocycles. The van der Waals surface area contributed by atoms with E-state index in [1.165, 1.54) is 25.0 Å². The van der Waals surface area contributed by atoms with Gasteiger partial charge in [0.15, 0.2) is 17.3 Å². The van der Waals surface area contributed by atoms with Crippen molar-refractivity contribution in [3.63, 3.8) is 0 Å². The van der Waals surface area contributed by atoms with E-state index in [0.29, 0.717) is 23.0 Å². The molecule has 2 atom stereocenters. The van der Waals surface area contributed by atoms with Crippen LogP contribution >= 0.6 is 0 Å². The molecule has 1 spiro atoms. The largest absolute Gasteiger partial charge is 0.482 e. The summed E-state index contributed by atoms with van der Waals surface area (Å²) in [5, 5.41) is 20.1. The highest BCUT2D eigenvalue weighted by Gasteiger charge is 2.57. The van der Waals surface area contributed by atoms with Gasteiger partial charge in [-0.2, -0.15) is 15.5 Å². The summed E-state index contributed by atoms with van der Waals surface area (Å²) in [5.74, 6) is 0.207. The molecule has 2 N–H and O–H groups in total. The molecule has 1 aliphatic carbocycles. The highest BCUT2D eigenvalue weighted by Crippen LogP contribution is 2.55. The van der Waals surface area contributed by atoms with Gasteiger partial charge >= 0.3 is 0 Å². The number of nitrogens with zero attached hydrogens (tertiary/aromatic N) is 7. The van der Waals surface area contributed by atoms with Gasteiger partial charge in [0, 0.05) is 72.3 Å². The van der Waals surface area contributed by atoms with Crippen LogP contribution in [0.1, 0.15) is 60.7 Å². The minimum absolute atomic E-state index is 0.0609. The van der Waals surface area contributed by atoms with Crippen LogP contribution in [0.3, 0.4) is 0 Å². The zero-order valence-electron chi connectivity index (χ0n) is 21.7. The van der Waals surface area contributed by atoms with Gasteiger partial charge in [-0.3, -0.25) is 14.3 Å². The Labute approximate surface area is 224 Å². The van der Waals surface area contributed by atoms with E-state index in [1.54, 1.807) is 12.3 Å². The van der Waals surface area contributed by atoms with E-state index in [-0.39, 0.29) is 23.1 Å². The maximum absolute atomic E-state index is 14.6. The van der Waals surface area contributed by atoms with Crippen molar-refractivity contribution in [2.24, 2.45) is 7.05 Å². The number of pyridine rings is 1. The fraction of sp³-hybridized carbons (Fsp3) is 0.379. The van der Waals surface area contributed by atoms with Crippen molar-refractivity contribution in [3.05, 3.63) is 65.0 Å². The molecule has 9 nitrogen and oxygen atoms in total. The molecule has 10 heteroatoms. The third kappa shape index (κ3) is 3.17. The van der Waals surface area contributed by atoms with E-state index < -0.39 is 6.10 Å². The summed E-state index contributed by atoms with van der Waals surface area (Å²) < 4.78 is 24.8. The Hall–Kier alpha value is -4.23. The Morgan fingerprint density at radius 3 is 2.77 bits per heavy atom. The van der Waals surface area contributed by atoms with Crippen LogP contribution in [0.25, 0.3) is 22.4 Å². The lowest BCUT2D eigenvalue weighted by molar-refractivity contribution is 0.000810. The second-order valence-corrected chi connectivity index (χ2v) is 11.5. The SMILES string of the molecule is C[C@H]1Oc2cc(cnc2N)-c2c(C#N)nn3c2[C@H](CC32CN(C3CC3)C2)c2cn(C)nc2-c2ccc(F)cc21. The molecule has 3 aromatic heterocycles. The maximum Gasteiger partial charge on any atom is 0.170 e. The summed E-state index contributed by atoms with van der Waals surface area (Å²) in [4.78, 5) is 6.97.